The first-order valence-electron chi connectivity index (χ1n) is 8.45. The average Bonchev–Trinajstić information content (AvgIpc) is 3.34. The van der Waals surface area contributed by atoms with Gasteiger partial charge in [0.25, 0.3) is 0 Å². The molecule has 0 saturated heterocycles. The lowest BCUT2D eigenvalue weighted by molar-refractivity contribution is -0.127. The van der Waals surface area contributed by atoms with E-state index >= 15 is 0 Å². The fraction of sp³-hybridized carbons (Fsp3) is 0.526. The molecule has 4 nitrogen and oxygen atoms in total. The van der Waals surface area contributed by atoms with E-state index in [-0.39, 0.29) is 11.9 Å². The zero-order valence-electron chi connectivity index (χ0n) is 14.8. The second kappa shape index (κ2) is 8.43. The Labute approximate surface area is 149 Å². The van der Waals surface area contributed by atoms with E-state index in [1.54, 1.807) is 25.3 Å². The Balaban J connectivity index is 2.15. The van der Waals surface area contributed by atoms with E-state index in [4.69, 9.17) is 21.1 Å². The Kier molecular flexibility index (Phi) is 6.55. The summed E-state index contributed by atoms with van der Waals surface area (Å²) in [5.74, 6) is 1.80. The zero-order valence-corrected chi connectivity index (χ0v) is 15.6. The first-order chi connectivity index (χ1) is 11.5. The third-order valence-electron chi connectivity index (χ3n) is 4.01. The summed E-state index contributed by atoms with van der Waals surface area (Å²) in [6, 6.07) is 3.80. The molecule has 2 rings (SSSR count). The molecule has 0 aromatic heterocycles. The third kappa shape index (κ3) is 4.91. The predicted octanol–water partition coefficient (Wildman–Crippen LogP) is 4.41. The van der Waals surface area contributed by atoms with Crippen LogP contribution in [0.2, 0.25) is 5.02 Å². The number of benzene rings is 1. The van der Waals surface area contributed by atoms with Crippen molar-refractivity contribution in [1.82, 2.24) is 4.90 Å². The van der Waals surface area contributed by atoms with Gasteiger partial charge in [-0.25, -0.2) is 0 Å². The van der Waals surface area contributed by atoms with Crippen molar-refractivity contribution >= 4 is 23.6 Å². The highest BCUT2D eigenvalue weighted by atomic mass is 35.5. The number of hydrogen-bond acceptors (Lipinski definition) is 3. The molecule has 1 saturated carbocycles. The number of carbonyl (C=O) groups excluding carboxylic acids is 1. The van der Waals surface area contributed by atoms with Crippen LogP contribution in [0.5, 0.6) is 11.5 Å². The molecule has 0 heterocycles. The van der Waals surface area contributed by atoms with Crippen molar-refractivity contribution in [2.45, 2.75) is 39.7 Å². The first-order valence-corrected chi connectivity index (χ1v) is 8.83. The number of methoxy groups -OCH3 is 1. The number of rotatable bonds is 8. The molecule has 1 aromatic rings. The molecule has 0 bridgehead atoms. The lowest BCUT2D eigenvalue weighted by atomic mass is 10.1. The quantitative estimate of drug-likeness (QED) is 0.651. The van der Waals surface area contributed by atoms with Crippen LogP contribution >= 0.6 is 11.6 Å². The van der Waals surface area contributed by atoms with E-state index in [9.17, 15) is 4.79 Å². The molecule has 1 aliphatic carbocycles. The van der Waals surface area contributed by atoms with E-state index in [1.165, 1.54) is 12.8 Å². The van der Waals surface area contributed by atoms with Gasteiger partial charge in [0, 0.05) is 18.7 Å². The van der Waals surface area contributed by atoms with Gasteiger partial charge in [-0.1, -0.05) is 11.6 Å². The van der Waals surface area contributed by atoms with Crippen molar-refractivity contribution in [3.63, 3.8) is 0 Å². The summed E-state index contributed by atoms with van der Waals surface area (Å²) in [5.41, 5.74) is 0.813. The number of ether oxygens (including phenoxy) is 2. The molecular formula is C19H26ClNO3. The summed E-state index contributed by atoms with van der Waals surface area (Å²) in [7, 11) is 1.56. The molecule has 1 aromatic carbocycles. The summed E-state index contributed by atoms with van der Waals surface area (Å²) in [4.78, 5) is 14.4. The van der Waals surface area contributed by atoms with Crippen LogP contribution in [0, 0.1) is 5.92 Å². The van der Waals surface area contributed by atoms with Crippen LogP contribution in [0.4, 0.5) is 0 Å². The molecule has 1 aliphatic rings. The van der Waals surface area contributed by atoms with Crippen LogP contribution in [0.25, 0.3) is 6.08 Å². The Bertz CT molecular complexity index is 609. The summed E-state index contributed by atoms with van der Waals surface area (Å²) >= 11 is 6.24. The lowest BCUT2D eigenvalue weighted by Gasteiger charge is -2.25. The first kappa shape index (κ1) is 18.7. The highest BCUT2D eigenvalue weighted by molar-refractivity contribution is 6.32. The molecule has 0 spiro atoms. The Morgan fingerprint density at radius 1 is 1.42 bits per heavy atom. The molecule has 1 amide bonds. The summed E-state index contributed by atoms with van der Waals surface area (Å²) in [6.07, 6.45) is 5.84. The van der Waals surface area contributed by atoms with Gasteiger partial charge in [0.05, 0.1) is 18.7 Å². The number of hydrogen-bond donors (Lipinski definition) is 0. The number of amides is 1. The van der Waals surface area contributed by atoms with Gasteiger partial charge in [-0.05, 0) is 63.3 Å². The number of carbonyl (C=O) groups is 1. The van der Waals surface area contributed by atoms with E-state index in [0.29, 0.717) is 29.0 Å². The smallest absolute Gasteiger partial charge is 0.246 e. The molecule has 24 heavy (non-hydrogen) atoms. The van der Waals surface area contributed by atoms with Gasteiger partial charge in [-0.2, -0.15) is 0 Å². The van der Waals surface area contributed by atoms with Crippen LogP contribution in [0.1, 0.15) is 39.2 Å². The molecule has 1 fully saturated rings. The van der Waals surface area contributed by atoms with Crippen LogP contribution in [0.15, 0.2) is 18.2 Å². The maximum absolute atomic E-state index is 12.5. The van der Waals surface area contributed by atoms with Gasteiger partial charge in [0.2, 0.25) is 5.91 Å². The molecule has 132 valence electrons. The minimum Gasteiger partial charge on any atom is -0.491 e. The van der Waals surface area contributed by atoms with Crippen molar-refractivity contribution in [1.29, 1.82) is 0 Å². The minimum absolute atomic E-state index is 0.0294. The predicted molar refractivity (Wildman–Crippen MR) is 97.8 cm³/mol. The van der Waals surface area contributed by atoms with Crippen molar-refractivity contribution in [2.24, 2.45) is 5.92 Å². The van der Waals surface area contributed by atoms with Crippen molar-refractivity contribution < 1.29 is 14.3 Å². The summed E-state index contributed by atoms with van der Waals surface area (Å²) < 4.78 is 10.8. The summed E-state index contributed by atoms with van der Waals surface area (Å²) in [5, 5.41) is 0.467. The highest BCUT2D eigenvalue weighted by Crippen LogP contribution is 2.36. The van der Waals surface area contributed by atoms with Crippen LogP contribution < -0.4 is 9.47 Å². The maximum atomic E-state index is 12.5. The Morgan fingerprint density at radius 2 is 2.12 bits per heavy atom. The van der Waals surface area contributed by atoms with Crippen LogP contribution in [-0.4, -0.2) is 37.1 Å². The molecule has 0 atom stereocenters. The van der Waals surface area contributed by atoms with E-state index < -0.39 is 0 Å². The van der Waals surface area contributed by atoms with Gasteiger partial charge in [0.15, 0.2) is 11.5 Å². The minimum atomic E-state index is 0.0294. The fourth-order valence-corrected chi connectivity index (χ4v) is 2.84. The summed E-state index contributed by atoms with van der Waals surface area (Å²) in [6.45, 7) is 7.35. The second-order valence-corrected chi connectivity index (χ2v) is 6.74. The van der Waals surface area contributed by atoms with Crippen LogP contribution in [0.3, 0.4) is 0 Å². The maximum Gasteiger partial charge on any atom is 0.246 e. The third-order valence-corrected chi connectivity index (χ3v) is 4.29. The van der Waals surface area contributed by atoms with Crippen LogP contribution in [-0.2, 0) is 4.79 Å². The molecule has 0 aliphatic heterocycles. The van der Waals surface area contributed by atoms with Gasteiger partial charge in [0.1, 0.15) is 0 Å². The SMILES string of the molecule is CCOc1cc(C=CC(=O)N(CC2CC2)C(C)C)cc(Cl)c1OC. The lowest BCUT2D eigenvalue weighted by Crippen LogP contribution is -2.37. The van der Waals surface area contributed by atoms with Gasteiger partial charge in [-0.15, -0.1) is 0 Å². The van der Waals surface area contributed by atoms with E-state index in [2.05, 4.69) is 0 Å². The standard InChI is InChI=1S/C19H26ClNO3/c1-5-24-17-11-15(10-16(20)19(17)23-4)8-9-18(22)21(13(2)3)12-14-6-7-14/h8-11,13-14H,5-7,12H2,1-4H3. The van der Waals surface area contributed by atoms with Crippen molar-refractivity contribution in [2.75, 3.05) is 20.3 Å². The molecular weight excluding hydrogens is 326 g/mol. The van der Waals surface area contributed by atoms with Gasteiger partial charge < -0.3 is 14.4 Å². The van der Waals surface area contributed by atoms with Gasteiger partial charge in [-0.3, -0.25) is 4.79 Å². The topological polar surface area (TPSA) is 38.8 Å². The number of nitrogens with zero attached hydrogens (tertiary/aromatic N) is 1. The average molecular weight is 352 g/mol. The Morgan fingerprint density at radius 3 is 2.67 bits per heavy atom. The van der Waals surface area contributed by atoms with Crippen molar-refractivity contribution in [3.8, 4) is 11.5 Å². The zero-order chi connectivity index (χ0) is 17.7. The molecule has 5 heteroatoms. The second-order valence-electron chi connectivity index (χ2n) is 6.33. The molecule has 0 radical (unpaired) electrons. The fourth-order valence-electron chi connectivity index (χ4n) is 2.54. The number of halogens is 1. The van der Waals surface area contributed by atoms with E-state index in [1.807, 2.05) is 31.7 Å². The normalized spacial score (nSPS) is 14.2. The van der Waals surface area contributed by atoms with Gasteiger partial charge >= 0.3 is 0 Å². The molecule has 0 unspecified atom stereocenters. The molecule has 0 N–H and O–H groups in total. The Hall–Kier alpha value is -1.68. The highest BCUT2D eigenvalue weighted by Gasteiger charge is 2.27. The van der Waals surface area contributed by atoms with E-state index in [0.717, 1.165) is 12.1 Å². The van der Waals surface area contributed by atoms with Crippen molar-refractivity contribution in [3.05, 3.63) is 28.8 Å². The largest absolute Gasteiger partial charge is 0.491 e. The monoisotopic (exact) mass is 351 g/mol.